The summed E-state index contributed by atoms with van der Waals surface area (Å²) in [6.07, 6.45) is 36.7. The fourth-order valence-corrected chi connectivity index (χ4v) is 5.90. The molecule has 252 valence electrons. The number of unbranched alkanes of at least 4 members (excludes halogenated alkanes) is 24. The zero-order valence-corrected chi connectivity index (χ0v) is 29.3. The van der Waals surface area contributed by atoms with E-state index in [2.05, 4.69) is 19.2 Å². The Kier molecular flexibility index (Phi) is 37.9. The number of hydrogen-bond acceptors (Lipinski definition) is 3. The molecular weight excluding hydrogens is 540 g/mol. The molecule has 0 aliphatic rings. The van der Waals surface area contributed by atoms with Crippen LogP contribution in [-0.4, -0.2) is 24.8 Å². The molecule has 0 fully saturated rings. The van der Waals surface area contributed by atoms with Gasteiger partial charge in [0, 0.05) is 25.3 Å². The summed E-state index contributed by atoms with van der Waals surface area (Å²) in [6, 6.07) is 0. The molecule has 0 spiro atoms. The predicted molar refractivity (Wildman–Crippen MR) is 188 cm³/mol. The van der Waals surface area contributed by atoms with Crippen molar-refractivity contribution in [2.45, 2.75) is 206 Å². The van der Waals surface area contributed by atoms with Gasteiger partial charge < -0.3 is 11.1 Å². The molecule has 0 unspecified atom stereocenters. The van der Waals surface area contributed by atoms with Crippen molar-refractivity contribution < 1.29 is 9.59 Å². The first kappa shape index (κ1) is 43.5. The van der Waals surface area contributed by atoms with Gasteiger partial charge in [-0.3, -0.25) is 9.59 Å². The fourth-order valence-electron chi connectivity index (χ4n) is 5.90. The van der Waals surface area contributed by atoms with Crippen LogP contribution in [0.2, 0.25) is 0 Å². The van der Waals surface area contributed by atoms with Crippen LogP contribution in [0, 0.1) is 5.92 Å². The van der Waals surface area contributed by atoms with E-state index in [0.717, 1.165) is 45.1 Å². The van der Waals surface area contributed by atoms with Gasteiger partial charge in [-0.05, 0) is 32.2 Å². The van der Waals surface area contributed by atoms with Crippen LogP contribution in [0.1, 0.15) is 206 Å². The first-order valence-electron chi connectivity index (χ1n) is 18.6. The van der Waals surface area contributed by atoms with E-state index in [9.17, 15) is 9.59 Å². The number of halogens is 1. The lowest BCUT2D eigenvalue weighted by Crippen LogP contribution is -2.33. The number of rotatable bonds is 34. The Balaban J connectivity index is 0. The van der Waals surface area contributed by atoms with E-state index in [0.29, 0.717) is 19.4 Å². The van der Waals surface area contributed by atoms with Gasteiger partial charge >= 0.3 is 0 Å². The van der Waals surface area contributed by atoms with Gasteiger partial charge in [-0.15, -0.1) is 12.4 Å². The second kappa shape index (κ2) is 36.6. The van der Waals surface area contributed by atoms with E-state index in [4.69, 9.17) is 5.73 Å². The highest BCUT2D eigenvalue weighted by Gasteiger charge is 2.21. The lowest BCUT2D eigenvalue weighted by molar-refractivity contribution is -0.129. The molecule has 5 heteroatoms. The maximum atomic E-state index is 12.9. The Morgan fingerprint density at radius 2 is 0.905 bits per heavy atom. The van der Waals surface area contributed by atoms with Gasteiger partial charge in [0.1, 0.15) is 5.78 Å². The third-order valence-corrected chi connectivity index (χ3v) is 8.74. The van der Waals surface area contributed by atoms with E-state index in [1.165, 1.54) is 141 Å². The van der Waals surface area contributed by atoms with Crippen molar-refractivity contribution >= 4 is 24.1 Å². The lowest BCUT2D eigenvalue weighted by atomic mass is 9.93. The number of carbonyl (C=O) groups is 2. The molecule has 0 heterocycles. The number of amides is 1. The molecule has 0 bridgehead atoms. The largest absolute Gasteiger partial charge is 0.356 e. The lowest BCUT2D eigenvalue weighted by Gasteiger charge is -2.16. The number of ketones is 1. The first-order chi connectivity index (χ1) is 20.2. The average Bonchev–Trinajstić information content (AvgIpc) is 2.97. The summed E-state index contributed by atoms with van der Waals surface area (Å²) in [6.45, 7) is 5.95. The molecule has 42 heavy (non-hydrogen) atoms. The second-order valence-electron chi connectivity index (χ2n) is 12.9. The zero-order valence-electron chi connectivity index (χ0n) is 28.5. The highest BCUT2D eigenvalue weighted by atomic mass is 35.5. The molecule has 0 rings (SSSR count). The molecule has 0 saturated carbocycles. The smallest absolute Gasteiger partial charge is 0.223 e. The zero-order chi connectivity index (χ0) is 30.1. The van der Waals surface area contributed by atoms with Crippen molar-refractivity contribution in [3.63, 3.8) is 0 Å². The van der Waals surface area contributed by atoms with Gasteiger partial charge in [-0.2, -0.15) is 0 Å². The van der Waals surface area contributed by atoms with Gasteiger partial charge in [0.25, 0.3) is 0 Å². The van der Waals surface area contributed by atoms with Gasteiger partial charge in [0.05, 0.1) is 0 Å². The topological polar surface area (TPSA) is 72.2 Å². The van der Waals surface area contributed by atoms with Crippen molar-refractivity contribution in [1.29, 1.82) is 0 Å². The molecule has 0 aliphatic carbocycles. The summed E-state index contributed by atoms with van der Waals surface area (Å²) < 4.78 is 0. The molecule has 4 nitrogen and oxygen atoms in total. The molecular formula is C37H75ClN2O2. The normalized spacial score (nSPS) is 11.8. The van der Waals surface area contributed by atoms with Gasteiger partial charge in [0.15, 0.2) is 0 Å². The van der Waals surface area contributed by atoms with E-state index < -0.39 is 0 Å². The summed E-state index contributed by atoms with van der Waals surface area (Å²) >= 11 is 0. The molecule has 0 aliphatic heterocycles. The number of carbonyl (C=O) groups excluding carboxylic acids is 2. The molecule has 0 radical (unpaired) electrons. The highest BCUT2D eigenvalue weighted by molar-refractivity contribution is 5.86. The maximum Gasteiger partial charge on any atom is 0.223 e. The van der Waals surface area contributed by atoms with Gasteiger partial charge in [-0.25, -0.2) is 0 Å². The van der Waals surface area contributed by atoms with Crippen LogP contribution in [0.25, 0.3) is 0 Å². The van der Waals surface area contributed by atoms with Crippen molar-refractivity contribution in [3.05, 3.63) is 0 Å². The minimum absolute atomic E-state index is 0. The minimum atomic E-state index is -0.173. The van der Waals surface area contributed by atoms with Gasteiger partial charge in [0.2, 0.25) is 5.91 Å². The highest BCUT2D eigenvalue weighted by Crippen LogP contribution is 2.18. The van der Waals surface area contributed by atoms with Gasteiger partial charge in [-0.1, -0.05) is 168 Å². The molecule has 0 aromatic heterocycles. The summed E-state index contributed by atoms with van der Waals surface area (Å²) in [4.78, 5) is 25.5. The fraction of sp³-hybridized carbons (Fsp3) is 0.946. The Labute approximate surface area is 269 Å². The summed E-state index contributed by atoms with van der Waals surface area (Å²) in [5, 5.41) is 3.14. The molecule has 0 saturated heterocycles. The Hall–Kier alpha value is -0.610. The van der Waals surface area contributed by atoms with Crippen LogP contribution in [-0.2, 0) is 9.59 Å². The summed E-state index contributed by atoms with van der Waals surface area (Å²) in [5.74, 6) is 0.183. The molecule has 0 aromatic rings. The number of hydrogen-bond donors (Lipinski definition) is 2. The molecule has 1 atom stereocenters. The van der Waals surface area contributed by atoms with Crippen LogP contribution in [0.15, 0.2) is 0 Å². The number of nitrogens with one attached hydrogen (secondary N) is 1. The summed E-state index contributed by atoms with van der Waals surface area (Å²) in [5.41, 5.74) is 5.67. The standard InChI is InChI=1S/C37H74N2O2.ClH/c1-3-5-7-9-11-13-15-16-17-18-19-20-22-24-26-31-36(40)34-35(30-27-28-32-38)37(41)39-33-29-25-23-21-14-12-10-8-6-4-2;/h35H,3-34,38H2,1-2H3,(H,39,41);1H/t35-;/m1./s1. The number of nitrogens with two attached hydrogens (primary N) is 1. The van der Waals surface area contributed by atoms with Crippen molar-refractivity contribution in [3.8, 4) is 0 Å². The third kappa shape index (κ3) is 32.3. The van der Waals surface area contributed by atoms with Crippen molar-refractivity contribution in [2.75, 3.05) is 13.1 Å². The third-order valence-electron chi connectivity index (χ3n) is 8.74. The molecule has 3 N–H and O–H groups in total. The van der Waals surface area contributed by atoms with E-state index in [1.54, 1.807) is 0 Å². The Bertz CT molecular complexity index is 558. The quantitative estimate of drug-likeness (QED) is 0.0708. The Morgan fingerprint density at radius 1 is 0.524 bits per heavy atom. The van der Waals surface area contributed by atoms with Crippen LogP contribution in [0.4, 0.5) is 0 Å². The predicted octanol–water partition coefficient (Wildman–Crippen LogP) is 11.4. The maximum absolute atomic E-state index is 12.9. The first-order valence-corrected chi connectivity index (χ1v) is 18.6. The average molecular weight is 615 g/mol. The van der Waals surface area contributed by atoms with E-state index >= 15 is 0 Å². The molecule has 1 amide bonds. The van der Waals surface area contributed by atoms with Crippen molar-refractivity contribution in [2.24, 2.45) is 11.7 Å². The summed E-state index contributed by atoms with van der Waals surface area (Å²) in [7, 11) is 0. The Morgan fingerprint density at radius 3 is 1.31 bits per heavy atom. The number of Topliss-reactive ketones (excluding diaryl/α,β-unsaturated/α-hetero) is 1. The van der Waals surface area contributed by atoms with E-state index in [1.807, 2.05) is 0 Å². The molecule has 0 aromatic carbocycles. The van der Waals surface area contributed by atoms with Crippen LogP contribution >= 0.6 is 12.4 Å². The SMILES string of the molecule is CCCCCCCCCCCCCCCCCC(=O)C[C@@H](CCCCN)C(=O)NCCCCCCCCCCCC.Cl. The van der Waals surface area contributed by atoms with Crippen LogP contribution in [0.3, 0.4) is 0 Å². The van der Waals surface area contributed by atoms with Crippen LogP contribution in [0.5, 0.6) is 0 Å². The minimum Gasteiger partial charge on any atom is -0.356 e. The van der Waals surface area contributed by atoms with Crippen LogP contribution < -0.4 is 11.1 Å². The van der Waals surface area contributed by atoms with Crippen molar-refractivity contribution in [1.82, 2.24) is 5.32 Å². The van der Waals surface area contributed by atoms with E-state index in [-0.39, 0.29) is 30.0 Å². The second-order valence-corrected chi connectivity index (χ2v) is 12.9. The monoisotopic (exact) mass is 615 g/mol.